The van der Waals surface area contributed by atoms with Crippen LogP contribution >= 0.6 is 16.6 Å². The molecule has 0 N–H and O–H groups in total. The fourth-order valence-corrected chi connectivity index (χ4v) is 1.01. The Hall–Kier alpha value is 0.640. The molecule has 0 aromatic heterocycles. The summed E-state index contributed by atoms with van der Waals surface area (Å²) in [5.74, 6) is 0. The first-order valence-electron chi connectivity index (χ1n) is 1.42. The van der Waals surface area contributed by atoms with Crippen molar-refractivity contribution in [3.8, 4) is 5.37 Å². The van der Waals surface area contributed by atoms with Crippen molar-refractivity contribution in [1.82, 2.24) is 0 Å². The van der Waals surface area contributed by atoms with Crippen molar-refractivity contribution in [3.63, 3.8) is 0 Å². The quantitative estimate of drug-likeness (QED) is 0.412. The summed E-state index contributed by atoms with van der Waals surface area (Å²) in [5.41, 5.74) is 0. The maximum absolute atomic E-state index is 3.11. The normalized spacial score (nSPS) is 8.40. The average molecular weight is 105 g/mol. The Morgan fingerprint density at radius 3 is 2.40 bits per heavy atom. The van der Waals surface area contributed by atoms with Gasteiger partial charge in [0.1, 0.15) is 0 Å². The van der Waals surface area contributed by atoms with Gasteiger partial charge in [-0.3, -0.25) is 0 Å². The molecule has 0 amide bonds. The Morgan fingerprint density at radius 2 is 2.40 bits per heavy atom. The fourth-order valence-electron chi connectivity index (χ4n) is 0.112. The molecule has 0 aromatic rings. The van der Waals surface area contributed by atoms with Crippen LogP contribution in [0, 0.1) is 5.37 Å². The van der Waals surface area contributed by atoms with E-state index in [9.17, 15) is 0 Å². The molecule has 2 heteroatoms. The SMILES string of the molecule is C[P+]#CPC. The molecule has 0 aliphatic rings. The standard InChI is InChI=1S/C3H7P2/c1-4-3-5-2/h4H,1-2H3/q+1. The minimum atomic E-state index is 0.895. The molecule has 0 aromatic carbocycles. The van der Waals surface area contributed by atoms with Crippen molar-refractivity contribution < 1.29 is 0 Å². The fraction of sp³-hybridized carbons (Fsp3) is 0.667. The first-order chi connectivity index (χ1) is 2.41. The van der Waals surface area contributed by atoms with E-state index in [0.717, 1.165) is 8.58 Å². The molecule has 0 nitrogen and oxygen atoms in total. The zero-order valence-electron chi connectivity index (χ0n) is 3.45. The van der Waals surface area contributed by atoms with Crippen LogP contribution in [0.3, 0.4) is 0 Å². The predicted octanol–water partition coefficient (Wildman–Crippen LogP) is 1.79. The summed E-state index contributed by atoms with van der Waals surface area (Å²) in [6, 6.07) is 0. The van der Waals surface area contributed by atoms with Crippen LogP contribution in [0.5, 0.6) is 0 Å². The van der Waals surface area contributed by atoms with Crippen LogP contribution in [0.4, 0.5) is 0 Å². The molecule has 1 unspecified atom stereocenters. The van der Waals surface area contributed by atoms with Gasteiger partial charge in [-0.05, 0) is 0 Å². The first kappa shape index (κ1) is 5.64. The van der Waals surface area contributed by atoms with E-state index < -0.39 is 0 Å². The summed E-state index contributed by atoms with van der Waals surface area (Å²) in [5, 5.41) is 3.11. The van der Waals surface area contributed by atoms with E-state index in [4.69, 9.17) is 0 Å². The molecule has 0 saturated carbocycles. The second-order valence-electron chi connectivity index (χ2n) is 0.585. The van der Waals surface area contributed by atoms with Crippen LogP contribution in [0.15, 0.2) is 0 Å². The van der Waals surface area contributed by atoms with Crippen molar-refractivity contribution in [1.29, 1.82) is 0 Å². The molecule has 0 spiro atoms. The summed E-state index contributed by atoms with van der Waals surface area (Å²) in [6.07, 6.45) is 0. The Balaban J connectivity index is 2.81. The summed E-state index contributed by atoms with van der Waals surface area (Å²) in [7, 11) is 2.19. The van der Waals surface area contributed by atoms with Gasteiger partial charge in [0.05, 0.1) is 0 Å². The Bertz CT molecular complexity index is 57.0. The topological polar surface area (TPSA) is 0 Å². The van der Waals surface area contributed by atoms with E-state index in [1.807, 2.05) is 0 Å². The van der Waals surface area contributed by atoms with Gasteiger partial charge in [0, 0.05) is 0 Å². The second kappa shape index (κ2) is 4.64. The summed E-state index contributed by atoms with van der Waals surface area (Å²) >= 11 is 0. The summed E-state index contributed by atoms with van der Waals surface area (Å²) in [6.45, 7) is 4.20. The Morgan fingerprint density at radius 1 is 1.80 bits per heavy atom. The molecule has 1 atom stereocenters. The monoisotopic (exact) mass is 105 g/mol. The number of rotatable bonds is 0. The van der Waals surface area contributed by atoms with Crippen molar-refractivity contribution >= 4 is 16.6 Å². The molecule has 28 valence electrons. The second-order valence-corrected chi connectivity index (χ2v) is 2.43. The van der Waals surface area contributed by atoms with Crippen LogP contribution in [0.1, 0.15) is 0 Å². The summed E-state index contributed by atoms with van der Waals surface area (Å²) in [4.78, 5) is 0. The molecule has 0 aliphatic heterocycles. The van der Waals surface area contributed by atoms with Gasteiger partial charge in [-0.2, -0.15) is 0 Å². The molecule has 0 rings (SSSR count). The number of hydrogen-bond acceptors (Lipinski definition) is 0. The molecular formula is C3H7P2+. The Kier molecular flexibility index (Phi) is 5.23. The molecular weight excluding hydrogens is 98.0 g/mol. The molecule has 0 saturated heterocycles. The molecule has 0 aliphatic carbocycles. The van der Waals surface area contributed by atoms with Crippen LogP contribution in [-0.4, -0.2) is 13.3 Å². The van der Waals surface area contributed by atoms with Gasteiger partial charge in [-0.25, -0.2) is 0 Å². The minimum absolute atomic E-state index is 0.895. The van der Waals surface area contributed by atoms with Crippen LogP contribution in [0.2, 0.25) is 0 Å². The van der Waals surface area contributed by atoms with Crippen molar-refractivity contribution in [2.45, 2.75) is 0 Å². The molecule has 0 fully saturated rings. The van der Waals surface area contributed by atoms with E-state index in [1.165, 1.54) is 8.04 Å². The number of hydrogen-bond donors (Lipinski definition) is 0. The average Bonchev–Trinajstić information content (AvgIpc) is 1.41. The van der Waals surface area contributed by atoms with Crippen molar-refractivity contribution in [2.24, 2.45) is 0 Å². The third-order valence-electron chi connectivity index (χ3n) is 0.224. The van der Waals surface area contributed by atoms with Gasteiger partial charge in [-0.15, -0.1) is 0 Å². The third-order valence-corrected chi connectivity index (χ3v) is 2.01. The zero-order chi connectivity index (χ0) is 4.12. The van der Waals surface area contributed by atoms with E-state index in [-0.39, 0.29) is 0 Å². The van der Waals surface area contributed by atoms with Gasteiger partial charge in [0.25, 0.3) is 0 Å². The summed E-state index contributed by atoms with van der Waals surface area (Å²) < 4.78 is 0. The van der Waals surface area contributed by atoms with E-state index in [0.29, 0.717) is 0 Å². The van der Waals surface area contributed by atoms with Gasteiger partial charge < -0.3 is 0 Å². The first-order valence-corrected chi connectivity index (χ1v) is 4.26. The molecule has 0 radical (unpaired) electrons. The molecule has 0 bridgehead atoms. The zero-order valence-corrected chi connectivity index (χ0v) is 5.34. The van der Waals surface area contributed by atoms with Crippen molar-refractivity contribution in [3.05, 3.63) is 0 Å². The van der Waals surface area contributed by atoms with E-state index in [1.54, 1.807) is 0 Å². The molecule has 0 heterocycles. The van der Waals surface area contributed by atoms with Crippen LogP contribution < -0.4 is 0 Å². The third kappa shape index (κ3) is 4.64. The Labute approximate surface area is 36.2 Å². The van der Waals surface area contributed by atoms with E-state index >= 15 is 0 Å². The van der Waals surface area contributed by atoms with Gasteiger partial charge in [-0.1, -0.05) is 0 Å². The van der Waals surface area contributed by atoms with Crippen LogP contribution in [0.25, 0.3) is 0 Å². The van der Waals surface area contributed by atoms with E-state index in [2.05, 4.69) is 18.7 Å². The van der Waals surface area contributed by atoms with Gasteiger partial charge in [0.15, 0.2) is 0 Å². The molecule has 5 heavy (non-hydrogen) atoms. The van der Waals surface area contributed by atoms with Gasteiger partial charge >= 0.3 is 35.3 Å². The van der Waals surface area contributed by atoms with Gasteiger partial charge in [0.2, 0.25) is 0 Å². The van der Waals surface area contributed by atoms with Crippen molar-refractivity contribution in [2.75, 3.05) is 13.3 Å². The maximum atomic E-state index is 3.11. The predicted molar refractivity (Wildman–Crippen MR) is 31.0 cm³/mol. The van der Waals surface area contributed by atoms with Crippen LogP contribution in [-0.2, 0) is 0 Å².